The number of para-hydroxylation sites is 1. The summed E-state index contributed by atoms with van der Waals surface area (Å²) in [6.07, 6.45) is 0. The number of hydrogen-bond donors (Lipinski definition) is 1. The zero-order chi connectivity index (χ0) is 15.1. The van der Waals surface area contributed by atoms with E-state index in [1.807, 2.05) is 6.07 Å². The highest BCUT2D eigenvalue weighted by atomic mass is 35.5. The summed E-state index contributed by atoms with van der Waals surface area (Å²) >= 11 is 6.18. The fourth-order valence-electron chi connectivity index (χ4n) is 2.31. The van der Waals surface area contributed by atoms with Crippen LogP contribution in [0.4, 0.5) is 11.4 Å². The van der Waals surface area contributed by atoms with Crippen LogP contribution in [0, 0.1) is 10.1 Å². The Kier molecular flexibility index (Phi) is 3.03. The number of halogens is 1. The zero-order valence-corrected chi connectivity index (χ0v) is 11.8. The Morgan fingerprint density at radius 3 is 2.76 bits per heavy atom. The maximum atomic E-state index is 10.9. The molecule has 21 heavy (non-hydrogen) atoms. The summed E-state index contributed by atoms with van der Waals surface area (Å²) < 4.78 is 1.78. The average molecular weight is 303 g/mol. The molecule has 0 spiro atoms. The van der Waals surface area contributed by atoms with Gasteiger partial charge in [0.25, 0.3) is 5.69 Å². The summed E-state index contributed by atoms with van der Waals surface area (Å²) in [5.74, 6) is 0.541. The molecule has 1 heterocycles. The van der Waals surface area contributed by atoms with Crippen LogP contribution < -0.4 is 5.73 Å². The largest absolute Gasteiger partial charge is 0.398 e. The van der Waals surface area contributed by atoms with Crippen molar-refractivity contribution in [3.05, 3.63) is 51.5 Å². The number of aryl methyl sites for hydroxylation is 1. The van der Waals surface area contributed by atoms with Crippen molar-refractivity contribution in [3.8, 4) is 11.4 Å². The lowest BCUT2D eigenvalue weighted by atomic mass is 10.1. The Bertz CT molecular complexity index is 873. The molecule has 0 radical (unpaired) electrons. The van der Waals surface area contributed by atoms with Gasteiger partial charge in [-0.25, -0.2) is 4.98 Å². The van der Waals surface area contributed by atoms with Crippen molar-refractivity contribution in [1.29, 1.82) is 0 Å². The van der Waals surface area contributed by atoms with Crippen LogP contribution in [0.3, 0.4) is 0 Å². The first-order chi connectivity index (χ1) is 9.99. The van der Waals surface area contributed by atoms with Crippen molar-refractivity contribution in [1.82, 2.24) is 9.55 Å². The molecule has 0 aliphatic heterocycles. The van der Waals surface area contributed by atoms with Gasteiger partial charge in [-0.3, -0.25) is 10.1 Å². The highest BCUT2D eigenvalue weighted by molar-refractivity contribution is 6.35. The molecule has 3 rings (SSSR count). The number of imidazole rings is 1. The Balaban J connectivity index is 2.30. The molecule has 0 saturated heterocycles. The van der Waals surface area contributed by atoms with Gasteiger partial charge in [0.1, 0.15) is 5.82 Å². The normalized spacial score (nSPS) is 11.0. The van der Waals surface area contributed by atoms with Gasteiger partial charge in [-0.05, 0) is 18.2 Å². The van der Waals surface area contributed by atoms with Gasteiger partial charge in [-0.1, -0.05) is 17.7 Å². The molecule has 0 aliphatic carbocycles. The van der Waals surface area contributed by atoms with Gasteiger partial charge < -0.3 is 10.3 Å². The first kappa shape index (κ1) is 13.4. The Morgan fingerprint density at radius 1 is 1.33 bits per heavy atom. The summed E-state index contributed by atoms with van der Waals surface area (Å²) in [6.45, 7) is 0. The van der Waals surface area contributed by atoms with Crippen molar-refractivity contribution < 1.29 is 4.92 Å². The summed E-state index contributed by atoms with van der Waals surface area (Å²) in [4.78, 5) is 14.9. The van der Waals surface area contributed by atoms with E-state index in [4.69, 9.17) is 17.3 Å². The standard InChI is InChI=1S/C14H11ClN4O2/c1-18-13-10(15)3-2-4-12(13)17-14(18)9-7-8(19(20)21)5-6-11(9)16/h2-7H,16H2,1H3. The molecule has 7 heteroatoms. The number of nitrogens with zero attached hydrogens (tertiary/aromatic N) is 3. The number of hydrogen-bond acceptors (Lipinski definition) is 4. The number of benzene rings is 2. The van der Waals surface area contributed by atoms with E-state index in [0.717, 1.165) is 5.52 Å². The third-order valence-electron chi connectivity index (χ3n) is 3.33. The van der Waals surface area contributed by atoms with Gasteiger partial charge in [0.05, 0.1) is 21.0 Å². The van der Waals surface area contributed by atoms with Gasteiger partial charge >= 0.3 is 0 Å². The molecule has 6 nitrogen and oxygen atoms in total. The quantitative estimate of drug-likeness (QED) is 0.446. The molecule has 0 aliphatic rings. The molecule has 1 aromatic heterocycles. The predicted molar refractivity (Wildman–Crippen MR) is 82.2 cm³/mol. The van der Waals surface area contributed by atoms with Crippen LogP contribution in [-0.2, 0) is 7.05 Å². The van der Waals surface area contributed by atoms with E-state index in [1.165, 1.54) is 18.2 Å². The van der Waals surface area contributed by atoms with Crippen LogP contribution in [0.25, 0.3) is 22.4 Å². The number of fused-ring (bicyclic) bond motifs is 1. The molecule has 0 amide bonds. The molecule has 0 bridgehead atoms. The number of anilines is 1. The van der Waals surface area contributed by atoms with E-state index >= 15 is 0 Å². The second-order valence-electron chi connectivity index (χ2n) is 4.63. The lowest BCUT2D eigenvalue weighted by molar-refractivity contribution is -0.384. The van der Waals surface area contributed by atoms with Gasteiger partial charge in [0.2, 0.25) is 0 Å². The minimum absolute atomic E-state index is 0.0302. The highest BCUT2D eigenvalue weighted by Crippen LogP contribution is 2.33. The molecule has 0 fully saturated rings. The van der Waals surface area contributed by atoms with Gasteiger partial charge in [-0.15, -0.1) is 0 Å². The monoisotopic (exact) mass is 302 g/mol. The summed E-state index contributed by atoms with van der Waals surface area (Å²) in [5, 5.41) is 11.5. The molecule has 3 aromatic rings. The van der Waals surface area contributed by atoms with E-state index in [0.29, 0.717) is 27.6 Å². The maximum absolute atomic E-state index is 10.9. The van der Waals surface area contributed by atoms with Crippen LogP contribution in [0.1, 0.15) is 0 Å². The fraction of sp³-hybridized carbons (Fsp3) is 0.0714. The maximum Gasteiger partial charge on any atom is 0.270 e. The van der Waals surface area contributed by atoms with Crippen LogP contribution in [0.15, 0.2) is 36.4 Å². The average Bonchev–Trinajstić information content (AvgIpc) is 2.77. The van der Waals surface area contributed by atoms with E-state index < -0.39 is 4.92 Å². The molecule has 2 aromatic carbocycles. The minimum atomic E-state index is -0.460. The number of nitro groups is 1. The van der Waals surface area contributed by atoms with Crippen LogP contribution in [-0.4, -0.2) is 14.5 Å². The fourth-order valence-corrected chi connectivity index (χ4v) is 2.61. The Morgan fingerprint density at radius 2 is 2.10 bits per heavy atom. The molecule has 0 unspecified atom stereocenters. The molecule has 2 N–H and O–H groups in total. The number of rotatable bonds is 2. The number of nitrogens with two attached hydrogens (primary N) is 1. The molecular formula is C14H11ClN4O2. The lowest BCUT2D eigenvalue weighted by Gasteiger charge is -2.06. The van der Waals surface area contributed by atoms with Crippen molar-refractivity contribution in [2.45, 2.75) is 0 Å². The Labute approximate surface area is 124 Å². The van der Waals surface area contributed by atoms with Crippen molar-refractivity contribution in [2.24, 2.45) is 7.05 Å². The highest BCUT2D eigenvalue weighted by Gasteiger charge is 2.17. The van der Waals surface area contributed by atoms with Gasteiger partial charge in [-0.2, -0.15) is 0 Å². The van der Waals surface area contributed by atoms with Crippen LogP contribution >= 0.6 is 11.6 Å². The summed E-state index contributed by atoms with van der Waals surface area (Å²) in [5.41, 5.74) is 8.33. The third-order valence-corrected chi connectivity index (χ3v) is 3.64. The number of nitrogen functional groups attached to an aromatic ring is 1. The molecule has 0 atom stereocenters. The van der Waals surface area contributed by atoms with E-state index in [2.05, 4.69) is 4.98 Å². The number of non-ortho nitro benzene ring substituents is 1. The lowest BCUT2D eigenvalue weighted by Crippen LogP contribution is -1.98. The molecule has 106 valence electrons. The predicted octanol–water partition coefficient (Wildman–Crippen LogP) is 3.38. The van der Waals surface area contributed by atoms with Crippen LogP contribution in [0.2, 0.25) is 5.02 Å². The number of aromatic nitrogens is 2. The number of nitro benzene ring substituents is 1. The second-order valence-corrected chi connectivity index (χ2v) is 5.04. The van der Waals surface area contributed by atoms with E-state index in [-0.39, 0.29) is 5.69 Å². The SMILES string of the molecule is Cn1c(-c2cc([N+](=O)[O-])ccc2N)nc2cccc(Cl)c21. The Hall–Kier alpha value is -2.60. The van der Waals surface area contributed by atoms with E-state index in [9.17, 15) is 10.1 Å². The zero-order valence-electron chi connectivity index (χ0n) is 11.1. The smallest absolute Gasteiger partial charge is 0.270 e. The minimum Gasteiger partial charge on any atom is -0.398 e. The summed E-state index contributed by atoms with van der Waals surface area (Å²) in [6, 6.07) is 9.70. The van der Waals surface area contributed by atoms with Crippen molar-refractivity contribution in [2.75, 3.05) is 5.73 Å². The topological polar surface area (TPSA) is 87.0 Å². The first-order valence-electron chi connectivity index (χ1n) is 6.14. The molecular weight excluding hydrogens is 292 g/mol. The van der Waals surface area contributed by atoms with Gasteiger partial charge in [0.15, 0.2) is 0 Å². The van der Waals surface area contributed by atoms with E-state index in [1.54, 1.807) is 23.7 Å². The van der Waals surface area contributed by atoms with Gasteiger partial charge in [0, 0.05) is 30.4 Å². The first-order valence-corrected chi connectivity index (χ1v) is 6.52. The molecule has 0 saturated carbocycles. The van der Waals surface area contributed by atoms with Crippen molar-refractivity contribution in [3.63, 3.8) is 0 Å². The van der Waals surface area contributed by atoms with Crippen LogP contribution in [0.5, 0.6) is 0 Å². The third kappa shape index (κ3) is 2.09. The van der Waals surface area contributed by atoms with Crippen molar-refractivity contribution >= 4 is 34.0 Å². The second kappa shape index (κ2) is 4.75. The summed E-state index contributed by atoms with van der Waals surface area (Å²) in [7, 11) is 1.80.